The van der Waals surface area contributed by atoms with Gasteiger partial charge in [0.1, 0.15) is 11.5 Å². The zero-order chi connectivity index (χ0) is 12.1. The van der Waals surface area contributed by atoms with E-state index in [1.54, 1.807) is 6.07 Å². The lowest BCUT2D eigenvalue weighted by molar-refractivity contribution is 0.483. The van der Waals surface area contributed by atoms with Crippen molar-refractivity contribution in [2.75, 3.05) is 11.9 Å². The fraction of sp³-hybridized carbons (Fsp3) is 0.143. The Hall–Kier alpha value is -1.67. The standard InChI is InChI=1S/C14H14ClNO/c1-2-16-12-6-8-13(9-7-12)17-14-5-3-4-11(15)10-14/h3-10,16H,2H2,1H3. The molecule has 0 aliphatic rings. The molecule has 0 fully saturated rings. The molecule has 0 radical (unpaired) electrons. The molecule has 2 rings (SSSR count). The van der Waals surface area contributed by atoms with E-state index in [1.807, 2.05) is 42.5 Å². The quantitative estimate of drug-likeness (QED) is 0.855. The number of anilines is 1. The summed E-state index contributed by atoms with van der Waals surface area (Å²) in [5.74, 6) is 1.54. The molecule has 0 amide bonds. The van der Waals surface area contributed by atoms with Crippen molar-refractivity contribution in [3.05, 3.63) is 53.6 Å². The first-order valence-electron chi connectivity index (χ1n) is 5.55. The second-order valence-electron chi connectivity index (χ2n) is 3.61. The summed E-state index contributed by atoms with van der Waals surface area (Å²) >= 11 is 5.89. The van der Waals surface area contributed by atoms with Gasteiger partial charge in [-0.3, -0.25) is 0 Å². The number of benzene rings is 2. The van der Waals surface area contributed by atoms with Crippen LogP contribution < -0.4 is 10.1 Å². The number of hydrogen-bond acceptors (Lipinski definition) is 2. The summed E-state index contributed by atoms with van der Waals surface area (Å²) in [7, 11) is 0. The smallest absolute Gasteiger partial charge is 0.128 e. The van der Waals surface area contributed by atoms with Gasteiger partial charge in [-0.15, -0.1) is 0 Å². The van der Waals surface area contributed by atoms with Crippen molar-refractivity contribution in [1.82, 2.24) is 0 Å². The Morgan fingerprint density at radius 2 is 1.82 bits per heavy atom. The molecule has 2 nitrogen and oxygen atoms in total. The minimum Gasteiger partial charge on any atom is -0.457 e. The number of nitrogens with one attached hydrogen (secondary N) is 1. The van der Waals surface area contributed by atoms with Gasteiger partial charge in [-0.05, 0) is 49.4 Å². The van der Waals surface area contributed by atoms with Crippen molar-refractivity contribution in [2.45, 2.75) is 6.92 Å². The van der Waals surface area contributed by atoms with Crippen LogP contribution in [0.25, 0.3) is 0 Å². The van der Waals surface area contributed by atoms with E-state index in [4.69, 9.17) is 16.3 Å². The first kappa shape index (κ1) is 11.8. The monoisotopic (exact) mass is 247 g/mol. The van der Waals surface area contributed by atoms with Crippen molar-refractivity contribution < 1.29 is 4.74 Å². The Morgan fingerprint density at radius 3 is 2.47 bits per heavy atom. The maximum Gasteiger partial charge on any atom is 0.128 e. The highest BCUT2D eigenvalue weighted by Crippen LogP contribution is 2.25. The third-order valence-electron chi connectivity index (χ3n) is 2.27. The van der Waals surface area contributed by atoms with Crippen molar-refractivity contribution >= 4 is 17.3 Å². The van der Waals surface area contributed by atoms with E-state index in [9.17, 15) is 0 Å². The molecule has 2 aromatic carbocycles. The highest BCUT2D eigenvalue weighted by molar-refractivity contribution is 6.30. The van der Waals surface area contributed by atoms with Crippen LogP contribution >= 0.6 is 11.6 Å². The van der Waals surface area contributed by atoms with Gasteiger partial charge in [0.2, 0.25) is 0 Å². The fourth-order valence-corrected chi connectivity index (χ4v) is 1.69. The van der Waals surface area contributed by atoms with Crippen LogP contribution in [0, 0.1) is 0 Å². The summed E-state index contributed by atoms with van der Waals surface area (Å²) in [6.45, 7) is 2.98. The molecule has 0 saturated carbocycles. The molecule has 2 aromatic rings. The third kappa shape index (κ3) is 3.40. The Labute approximate surface area is 106 Å². The third-order valence-corrected chi connectivity index (χ3v) is 2.50. The molecule has 0 heterocycles. The van der Waals surface area contributed by atoms with E-state index in [-0.39, 0.29) is 0 Å². The van der Waals surface area contributed by atoms with Crippen molar-refractivity contribution in [2.24, 2.45) is 0 Å². The van der Waals surface area contributed by atoms with E-state index in [2.05, 4.69) is 12.2 Å². The van der Waals surface area contributed by atoms with E-state index in [0.29, 0.717) is 5.02 Å². The Kier molecular flexibility index (Phi) is 3.89. The van der Waals surface area contributed by atoms with Crippen LogP contribution in [0.2, 0.25) is 5.02 Å². The molecule has 0 atom stereocenters. The average molecular weight is 248 g/mol. The molecule has 88 valence electrons. The van der Waals surface area contributed by atoms with E-state index < -0.39 is 0 Å². The van der Waals surface area contributed by atoms with Crippen LogP contribution in [-0.4, -0.2) is 6.54 Å². The molecule has 0 aliphatic carbocycles. The maximum absolute atomic E-state index is 5.89. The molecule has 0 saturated heterocycles. The van der Waals surface area contributed by atoms with Crippen LogP contribution in [0.1, 0.15) is 6.92 Å². The van der Waals surface area contributed by atoms with E-state index in [1.165, 1.54) is 0 Å². The second-order valence-corrected chi connectivity index (χ2v) is 4.05. The summed E-state index contributed by atoms with van der Waals surface area (Å²) in [5, 5.41) is 3.90. The number of rotatable bonds is 4. The maximum atomic E-state index is 5.89. The summed E-state index contributed by atoms with van der Waals surface area (Å²) < 4.78 is 5.68. The first-order chi connectivity index (χ1) is 8.28. The predicted molar refractivity (Wildman–Crippen MR) is 72.1 cm³/mol. The minimum atomic E-state index is 0.673. The normalized spacial score (nSPS) is 10.0. The molecular formula is C14H14ClNO. The molecule has 0 aromatic heterocycles. The highest BCUT2D eigenvalue weighted by atomic mass is 35.5. The molecule has 0 spiro atoms. The van der Waals surface area contributed by atoms with Gasteiger partial charge in [0.15, 0.2) is 0 Å². The van der Waals surface area contributed by atoms with Gasteiger partial charge in [0.05, 0.1) is 0 Å². The minimum absolute atomic E-state index is 0.673. The summed E-state index contributed by atoms with van der Waals surface area (Å²) in [4.78, 5) is 0. The summed E-state index contributed by atoms with van der Waals surface area (Å²) in [6.07, 6.45) is 0. The second kappa shape index (κ2) is 5.60. The Bertz CT molecular complexity index is 482. The van der Waals surface area contributed by atoms with E-state index >= 15 is 0 Å². The highest BCUT2D eigenvalue weighted by Gasteiger charge is 1.98. The summed E-state index contributed by atoms with van der Waals surface area (Å²) in [5.41, 5.74) is 1.09. The van der Waals surface area contributed by atoms with Gasteiger partial charge in [0.25, 0.3) is 0 Å². The van der Waals surface area contributed by atoms with Gasteiger partial charge >= 0.3 is 0 Å². The Balaban J connectivity index is 2.08. The lowest BCUT2D eigenvalue weighted by atomic mass is 10.3. The molecular weight excluding hydrogens is 234 g/mol. The van der Waals surface area contributed by atoms with Crippen LogP contribution in [0.3, 0.4) is 0 Å². The number of hydrogen-bond donors (Lipinski definition) is 1. The Morgan fingerprint density at radius 1 is 1.06 bits per heavy atom. The number of ether oxygens (including phenoxy) is 1. The molecule has 3 heteroatoms. The predicted octanol–water partition coefficient (Wildman–Crippen LogP) is 4.56. The zero-order valence-electron chi connectivity index (χ0n) is 9.61. The van der Waals surface area contributed by atoms with Crippen LogP contribution in [0.4, 0.5) is 5.69 Å². The van der Waals surface area contributed by atoms with Crippen molar-refractivity contribution in [3.63, 3.8) is 0 Å². The van der Waals surface area contributed by atoms with Gasteiger partial charge in [-0.2, -0.15) is 0 Å². The van der Waals surface area contributed by atoms with Gasteiger partial charge in [-0.25, -0.2) is 0 Å². The average Bonchev–Trinajstić information content (AvgIpc) is 2.32. The van der Waals surface area contributed by atoms with Crippen LogP contribution in [0.5, 0.6) is 11.5 Å². The zero-order valence-corrected chi connectivity index (χ0v) is 10.4. The fourth-order valence-electron chi connectivity index (χ4n) is 1.51. The van der Waals surface area contributed by atoms with Crippen LogP contribution in [-0.2, 0) is 0 Å². The van der Waals surface area contributed by atoms with Gasteiger partial charge < -0.3 is 10.1 Å². The van der Waals surface area contributed by atoms with Gasteiger partial charge in [0, 0.05) is 17.3 Å². The molecule has 0 aliphatic heterocycles. The largest absolute Gasteiger partial charge is 0.457 e. The lowest BCUT2D eigenvalue weighted by Crippen LogP contribution is -1.95. The number of halogens is 1. The SMILES string of the molecule is CCNc1ccc(Oc2cccc(Cl)c2)cc1. The van der Waals surface area contributed by atoms with Crippen molar-refractivity contribution in [3.8, 4) is 11.5 Å². The van der Waals surface area contributed by atoms with Crippen LogP contribution in [0.15, 0.2) is 48.5 Å². The molecule has 0 unspecified atom stereocenters. The molecule has 1 N–H and O–H groups in total. The first-order valence-corrected chi connectivity index (χ1v) is 5.93. The lowest BCUT2D eigenvalue weighted by Gasteiger charge is -2.07. The topological polar surface area (TPSA) is 21.3 Å². The van der Waals surface area contributed by atoms with Crippen molar-refractivity contribution in [1.29, 1.82) is 0 Å². The summed E-state index contributed by atoms with van der Waals surface area (Å²) in [6, 6.07) is 15.2. The molecule has 0 bridgehead atoms. The van der Waals surface area contributed by atoms with Gasteiger partial charge in [-0.1, -0.05) is 17.7 Å². The molecule has 17 heavy (non-hydrogen) atoms. The van der Waals surface area contributed by atoms with E-state index in [0.717, 1.165) is 23.7 Å².